The second kappa shape index (κ2) is 11.5. The van der Waals surface area contributed by atoms with E-state index in [1.54, 1.807) is 6.07 Å². The predicted octanol–water partition coefficient (Wildman–Crippen LogP) is 4.85. The van der Waals surface area contributed by atoms with Crippen LogP contribution in [0.5, 0.6) is 0 Å². The van der Waals surface area contributed by atoms with Gasteiger partial charge in [-0.15, -0.1) is 24.8 Å². The van der Waals surface area contributed by atoms with E-state index >= 15 is 0 Å². The minimum atomic E-state index is -0.233. The zero-order chi connectivity index (χ0) is 14.4. The highest BCUT2D eigenvalue weighted by atomic mass is 35.5. The Morgan fingerprint density at radius 3 is 2.45 bits per heavy atom. The largest absolute Gasteiger partial charge is 0.314 e. The summed E-state index contributed by atoms with van der Waals surface area (Å²) in [5.41, 5.74) is 1.02. The molecular weight excluding hydrogens is 346 g/mol. The summed E-state index contributed by atoms with van der Waals surface area (Å²) >= 11 is 6.02. The van der Waals surface area contributed by atoms with E-state index in [4.69, 9.17) is 11.6 Å². The SMILES string of the molecule is CCCCC[C@@H](c1cc(F)cc(Cl)c1)N1CCNCC1.Cl.Cl. The van der Waals surface area contributed by atoms with Gasteiger partial charge in [-0.25, -0.2) is 4.39 Å². The molecule has 1 fully saturated rings. The van der Waals surface area contributed by atoms with Crippen LogP contribution in [0.15, 0.2) is 18.2 Å². The molecule has 0 saturated carbocycles. The Kier molecular flexibility index (Phi) is 11.4. The van der Waals surface area contributed by atoms with Gasteiger partial charge >= 0.3 is 0 Å². The third-order valence-electron chi connectivity index (χ3n) is 3.94. The first kappa shape index (κ1) is 21.9. The van der Waals surface area contributed by atoms with Crippen molar-refractivity contribution in [3.8, 4) is 0 Å². The van der Waals surface area contributed by atoms with Gasteiger partial charge in [0.2, 0.25) is 0 Å². The molecule has 0 bridgehead atoms. The summed E-state index contributed by atoms with van der Waals surface area (Å²) in [6.07, 6.45) is 4.69. The summed E-state index contributed by atoms with van der Waals surface area (Å²) in [5, 5.41) is 3.87. The maximum atomic E-state index is 13.6. The fourth-order valence-corrected chi connectivity index (χ4v) is 3.14. The second-order valence-electron chi connectivity index (χ2n) is 5.50. The molecule has 1 saturated heterocycles. The first-order valence-electron chi connectivity index (χ1n) is 7.61. The van der Waals surface area contributed by atoms with E-state index in [0.29, 0.717) is 5.02 Å². The van der Waals surface area contributed by atoms with Crippen molar-refractivity contribution in [3.63, 3.8) is 0 Å². The van der Waals surface area contributed by atoms with E-state index in [-0.39, 0.29) is 36.7 Å². The summed E-state index contributed by atoms with van der Waals surface area (Å²) in [6, 6.07) is 5.23. The van der Waals surface area contributed by atoms with Gasteiger partial charge in [-0.05, 0) is 30.2 Å². The van der Waals surface area contributed by atoms with E-state index in [0.717, 1.165) is 38.2 Å². The Labute approximate surface area is 150 Å². The molecule has 1 aromatic carbocycles. The first-order valence-corrected chi connectivity index (χ1v) is 7.99. The standard InChI is InChI=1S/C16H24ClFN2.2ClH/c1-2-3-4-5-16(20-8-6-19-7-9-20)13-10-14(17)12-15(18)11-13;;/h10-12,16,19H,2-9H2,1H3;2*1H/t16-;;/m0../s1. The molecule has 0 radical (unpaired) electrons. The van der Waals surface area contributed by atoms with Crippen LogP contribution in [-0.2, 0) is 0 Å². The van der Waals surface area contributed by atoms with Crippen molar-refractivity contribution in [1.29, 1.82) is 0 Å². The maximum Gasteiger partial charge on any atom is 0.125 e. The number of halogens is 4. The van der Waals surface area contributed by atoms with Gasteiger partial charge in [0.05, 0.1) is 0 Å². The average molecular weight is 372 g/mol. The molecule has 22 heavy (non-hydrogen) atoms. The number of nitrogens with one attached hydrogen (secondary N) is 1. The number of hydrogen-bond acceptors (Lipinski definition) is 2. The van der Waals surface area contributed by atoms with Crippen molar-refractivity contribution in [3.05, 3.63) is 34.6 Å². The zero-order valence-corrected chi connectivity index (χ0v) is 15.4. The monoisotopic (exact) mass is 370 g/mol. The minimum absolute atomic E-state index is 0. The molecule has 2 nitrogen and oxygen atoms in total. The summed E-state index contributed by atoms with van der Waals surface area (Å²) in [6.45, 7) is 6.26. The van der Waals surface area contributed by atoms with Gasteiger partial charge < -0.3 is 5.32 Å². The molecule has 0 aliphatic carbocycles. The first-order chi connectivity index (χ1) is 9.70. The van der Waals surface area contributed by atoms with Crippen LogP contribution in [-0.4, -0.2) is 31.1 Å². The van der Waals surface area contributed by atoms with Gasteiger partial charge in [-0.3, -0.25) is 4.90 Å². The molecule has 0 unspecified atom stereocenters. The van der Waals surface area contributed by atoms with Gasteiger partial charge in [0.1, 0.15) is 5.82 Å². The van der Waals surface area contributed by atoms with E-state index in [1.165, 1.54) is 25.3 Å². The van der Waals surface area contributed by atoms with Gasteiger partial charge in [0.25, 0.3) is 0 Å². The number of nitrogens with zero attached hydrogens (tertiary/aromatic N) is 1. The van der Waals surface area contributed by atoms with Gasteiger partial charge in [0.15, 0.2) is 0 Å². The number of hydrogen-bond donors (Lipinski definition) is 1. The minimum Gasteiger partial charge on any atom is -0.314 e. The van der Waals surface area contributed by atoms with E-state index in [9.17, 15) is 4.39 Å². The Bertz CT molecular complexity index is 406. The molecule has 2 rings (SSSR count). The number of rotatable bonds is 6. The van der Waals surface area contributed by atoms with Crippen LogP contribution in [0.2, 0.25) is 5.02 Å². The number of benzene rings is 1. The highest BCUT2D eigenvalue weighted by molar-refractivity contribution is 6.30. The highest BCUT2D eigenvalue weighted by Crippen LogP contribution is 2.29. The molecule has 1 aromatic rings. The predicted molar refractivity (Wildman–Crippen MR) is 97.2 cm³/mol. The summed E-state index contributed by atoms with van der Waals surface area (Å²) in [7, 11) is 0. The van der Waals surface area contributed by atoms with Crippen LogP contribution in [0.4, 0.5) is 4.39 Å². The summed E-state index contributed by atoms with van der Waals surface area (Å²) in [5.74, 6) is -0.233. The number of piperazine rings is 1. The van der Waals surface area contributed by atoms with E-state index in [2.05, 4.69) is 17.1 Å². The van der Waals surface area contributed by atoms with E-state index < -0.39 is 0 Å². The van der Waals surface area contributed by atoms with Crippen LogP contribution >= 0.6 is 36.4 Å². The fourth-order valence-electron chi connectivity index (χ4n) is 2.91. The molecule has 128 valence electrons. The molecule has 1 aliphatic rings. The lowest BCUT2D eigenvalue weighted by molar-refractivity contribution is 0.162. The van der Waals surface area contributed by atoms with E-state index in [1.807, 2.05) is 6.07 Å². The Hall–Kier alpha value is -0.0600. The Morgan fingerprint density at radius 1 is 1.18 bits per heavy atom. The van der Waals surface area contributed by atoms with Crippen molar-refractivity contribution < 1.29 is 4.39 Å². The van der Waals surface area contributed by atoms with Crippen molar-refractivity contribution >= 4 is 36.4 Å². The van der Waals surface area contributed by atoms with Crippen molar-refractivity contribution in [1.82, 2.24) is 10.2 Å². The van der Waals surface area contributed by atoms with Crippen LogP contribution in [0.25, 0.3) is 0 Å². The van der Waals surface area contributed by atoms with Gasteiger partial charge in [-0.2, -0.15) is 0 Å². The number of unbranched alkanes of at least 4 members (excludes halogenated alkanes) is 2. The normalized spacial score (nSPS) is 16.5. The molecule has 1 aliphatic heterocycles. The molecule has 1 N–H and O–H groups in total. The molecule has 0 amide bonds. The lowest BCUT2D eigenvalue weighted by atomic mass is 9.98. The fraction of sp³-hybridized carbons (Fsp3) is 0.625. The van der Waals surface area contributed by atoms with Crippen LogP contribution in [0.1, 0.15) is 44.2 Å². The third kappa shape index (κ3) is 6.59. The molecule has 0 spiro atoms. The van der Waals surface area contributed by atoms with Crippen molar-refractivity contribution in [2.45, 2.75) is 38.6 Å². The van der Waals surface area contributed by atoms with Crippen LogP contribution < -0.4 is 5.32 Å². The molecule has 1 atom stereocenters. The molecule has 6 heteroatoms. The highest BCUT2D eigenvalue weighted by Gasteiger charge is 2.22. The van der Waals surface area contributed by atoms with Crippen molar-refractivity contribution in [2.24, 2.45) is 0 Å². The lowest BCUT2D eigenvalue weighted by Crippen LogP contribution is -2.45. The zero-order valence-electron chi connectivity index (χ0n) is 13.0. The van der Waals surface area contributed by atoms with Crippen LogP contribution in [0, 0.1) is 5.82 Å². The van der Waals surface area contributed by atoms with Gasteiger partial charge in [-0.1, -0.05) is 37.8 Å². The van der Waals surface area contributed by atoms with Gasteiger partial charge in [0, 0.05) is 37.2 Å². The molecular formula is C16H26Cl3FN2. The Morgan fingerprint density at radius 2 is 1.86 bits per heavy atom. The van der Waals surface area contributed by atoms with Crippen molar-refractivity contribution in [2.75, 3.05) is 26.2 Å². The topological polar surface area (TPSA) is 15.3 Å². The lowest BCUT2D eigenvalue weighted by Gasteiger charge is -2.35. The second-order valence-corrected chi connectivity index (χ2v) is 5.94. The molecule has 1 heterocycles. The smallest absolute Gasteiger partial charge is 0.125 e. The maximum absolute atomic E-state index is 13.6. The third-order valence-corrected chi connectivity index (χ3v) is 4.16. The summed E-state index contributed by atoms with van der Waals surface area (Å²) in [4.78, 5) is 2.46. The average Bonchev–Trinajstić information content (AvgIpc) is 2.43. The quantitative estimate of drug-likeness (QED) is 0.719. The molecule has 0 aromatic heterocycles. The van der Waals surface area contributed by atoms with Crippen LogP contribution in [0.3, 0.4) is 0 Å². The Balaban J connectivity index is 0.00000220. The summed E-state index contributed by atoms with van der Waals surface area (Å²) < 4.78 is 13.6.